The zero-order valence-electron chi connectivity index (χ0n) is 15.1. The number of carbonyl (C=O) groups is 1. The van der Waals surface area contributed by atoms with E-state index in [9.17, 15) is 4.79 Å². The zero-order valence-corrected chi connectivity index (χ0v) is 15.1. The Labute approximate surface area is 146 Å². The van der Waals surface area contributed by atoms with Gasteiger partial charge in [0.2, 0.25) is 0 Å². The Balaban J connectivity index is 1.68. The molecule has 24 heavy (non-hydrogen) atoms. The van der Waals surface area contributed by atoms with E-state index in [1.54, 1.807) is 4.90 Å². The van der Waals surface area contributed by atoms with E-state index in [4.69, 9.17) is 10.5 Å². The van der Waals surface area contributed by atoms with Gasteiger partial charge in [0, 0.05) is 25.7 Å². The van der Waals surface area contributed by atoms with Crippen molar-refractivity contribution < 1.29 is 9.53 Å². The first-order valence-electron chi connectivity index (χ1n) is 9.67. The number of aliphatic imine (C=N–C) groups is 1. The number of piperidine rings is 1. The number of amides is 1. The maximum absolute atomic E-state index is 11.7. The lowest BCUT2D eigenvalue weighted by Gasteiger charge is -2.31. The van der Waals surface area contributed by atoms with E-state index in [0.29, 0.717) is 37.6 Å². The number of likely N-dealkylation sites (tertiary alicyclic amines) is 1. The molecular weight excluding hydrogens is 304 g/mol. The molecule has 3 N–H and O–H groups in total. The van der Waals surface area contributed by atoms with Gasteiger partial charge < -0.3 is 20.7 Å². The number of carbonyl (C=O) groups excluding carboxylic acids is 1. The van der Waals surface area contributed by atoms with Crippen LogP contribution in [0, 0.1) is 5.92 Å². The number of nitrogens with one attached hydrogen (secondary N) is 1. The van der Waals surface area contributed by atoms with Crippen molar-refractivity contribution in [2.45, 2.75) is 70.8 Å². The van der Waals surface area contributed by atoms with Gasteiger partial charge in [-0.1, -0.05) is 32.1 Å². The van der Waals surface area contributed by atoms with Gasteiger partial charge in [-0.05, 0) is 38.5 Å². The lowest BCUT2D eigenvalue weighted by atomic mass is 9.91. The quantitative estimate of drug-likeness (QED) is 0.610. The topological polar surface area (TPSA) is 80.0 Å². The van der Waals surface area contributed by atoms with Gasteiger partial charge in [-0.15, -0.1) is 0 Å². The fraction of sp³-hybridized carbons (Fsp3) is 0.889. The Bertz CT molecular complexity index is 398. The minimum atomic E-state index is -0.207. The molecule has 1 heterocycles. The summed E-state index contributed by atoms with van der Waals surface area (Å²) in [4.78, 5) is 18.0. The van der Waals surface area contributed by atoms with Crippen LogP contribution in [0.2, 0.25) is 0 Å². The van der Waals surface area contributed by atoms with E-state index in [0.717, 1.165) is 19.4 Å². The SMILES string of the molecule is CCOC(=O)N1CCC(NC(N)=NCC2CCCCCCC2)CC1. The largest absolute Gasteiger partial charge is 0.450 e. The van der Waals surface area contributed by atoms with Gasteiger partial charge in [-0.3, -0.25) is 4.99 Å². The Kier molecular flexibility index (Phi) is 8.19. The molecular formula is C18H34N4O2. The van der Waals surface area contributed by atoms with Crippen LogP contribution in [0.3, 0.4) is 0 Å². The van der Waals surface area contributed by atoms with E-state index in [2.05, 4.69) is 10.3 Å². The van der Waals surface area contributed by atoms with Crippen LogP contribution in [-0.2, 0) is 4.74 Å². The third-order valence-electron chi connectivity index (χ3n) is 5.12. The van der Waals surface area contributed by atoms with Crippen molar-refractivity contribution in [1.82, 2.24) is 10.2 Å². The molecule has 6 nitrogen and oxygen atoms in total. The number of nitrogens with zero attached hydrogens (tertiary/aromatic N) is 2. The van der Waals surface area contributed by atoms with Crippen LogP contribution in [0.5, 0.6) is 0 Å². The summed E-state index contributed by atoms with van der Waals surface area (Å²) in [7, 11) is 0. The van der Waals surface area contributed by atoms with Crippen molar-refractivity contribution >= 4 is 12.1 Å². The summed E-state index contributed by atoms with van der Waals surface area (Å²) in [6, 6.07) is 0.303. The van der Waals surface area contributed by atoms with Gasteiger partial charge in [0.15, 0.2) is 5.96 Å². The number of guanidine groups is 1. The van der Waals surface area contributed by atoms with Crippen LogP contribution in [-0.4, -0.2) is 49.2 Å². The summed E-state index contributed by atoms with van der Waals surface area (Å²) >= 11 is 0. The van der Waals surface area contributed by atoms with Crippen LogP contribution in [0.15, 0.2) is 4.99 Å². The van der Waals surface area contributed by atoms with Gasteiger partial charge >= 0.3 is 6.09 Å². The molecule has 2 aliphatic rings. The van der Waals surface area contributed by atoms with Gasteiger partial charge in [-0.2, -0.15) is 0 Å². The molecule has 1 amide bonds. The molecule has 1 aliphatic heterocycles. The first kappa shape index (κ1) is 18.9. The minimum Gasteiger partial charge on any atom is -0.450 e. The average molecular weight is 338 g/mol. The van der Waals surface area contributed by atoms with E-state index in [1.165, 1.54) is 44.9 Å². The second-order valence-electron chi connectivity index (χ2n) is 7.04. The Morgan fingerprint density at radius 1 is 1.12 bits per heavy atom. The molecule has 0 unspecified atom stereocenters. The van der Waals surface area contributed by atoms with Gasteiger partial charge in [-0.25, -0.2) is 4.79 Å². The smallest absolute Gasteiger partial charge is 0.409 e. The summed E-state index contributed by atoms with van der Waals surface area (Å²) in [5, 5.41) is 3.33. The van der Waals surface area contributed by atoms with Gasteiger partial charge in [0.05, 0.1) is 6.61 Å². The normalized spacial score (nSPS) is 21.9. The summed E-state index contributed by atoms with van der Waals surface area (Å²) in [6.45, 7) is 4.54. The van der Waals surface area contributed by atoms with E-state index in [1.807, 2.05) is 6.92 Å². The number of hydrogen-bond acceptors (Lipinski definition) is 3. The predicted molar refractivity (Wildman–Crippen MR) is 97.1 cm³/mol. The van der Waals surface area contributed by atoms with Crippen molar-refractivity contribution in [1.29, 1.82) is 0 Å². The fourth-order valence-electron chi connectivity index (χ4n) is 3.63. The fourth-order valence-corrected chi connectivity index (χ4v) is 3.63. The third kappa shape index (κ3) is 6.57. The van der Waals surface area contributed by atoms with Crippen LogP contribution in [0.25, 0.3) is 0 Å². The van der Waals surface area contributed by atoms with Crippen molar-refractivity contribution in [3.8, 4) is 0 Å². The van der Waals surface area contributed by atoms with Crippen molar-refractivity contribution in [3.63, 3.8) is 0 Å². The highest BCUT2D eigenvalue weighted by atomic mass is 16.6. The standard InChI is InChI=1S/C18H34N4O2/c1-2-24-18(23)22-12-10-16(11-13-22)21-17(19)20-14-15-8-6-4-3-5-7-9-15/h15-16H,2-14H2,1H3,(H3,19,20,21). The van der Waals surface area contributed by atoms with E-state index < -0.39 is 0 Å². The molecule has 0 radical (unpaired) electrons. The molecule has 6 heteroatoms. The lowest BCUT2D eigenvalue weighted by molar-refractivity contribution is 0.0963. The highest BCUT2D eigenvalue weighted by molar-refractivity contribution is 5.78. The number of hydrogen-bond donors (Lipinski definition) is 2. The molecule has 2 rings (SSSR count). The highest BCUT2D eigenvalue weighted by Crippen LogP contribution is 2.22. The van der Waals surface area contributed by atoms with Crippen molar-refractivity contribution in [2.24, 2.45) is 16.6 Å². The number of ether oxygens (including phenoxy) is 1. The van der Waals surface area contributed by atoms with Gasteiger partial charge in [0.25, 0.3) is 0 Å². The average Bonchev–Trinajstić information content (AvgIpc) is 2.54. The molecule has 0 aromatic heterocycles. The molecule has 0 atom stereocenters. The Hall–Kier alpha value is -1.46. The molecule has 0 aromatic carbocycles. The van der Waals surface area contributed by atoms with Crippen LogP contribution >= 0.6 is 0 Å². The molecule has 0 spiro atoms. The zero-order chi connectivity index (χ0) is 17.2. The van der Waals surface area contributed by atoms with Crippen molar-refractivity contribution in [2.75, 3.05) is 26.2 Å². The summed E-state index contributed by atoms with van der Waals surface area (Å²) < 4.78 is 5.04. The molecule has 1 aliphatic carbocycles. The lowest BCUT2D eigenvalue weighted by Crippen LogP contribution is -2.48. The van der Waals surface area contributed by atoms with Crippen molar-refractivity contribution in [3.05, 3.63) is 0 Å². The number of nitrogens with two attached hydrogens (primary N) is 1. The minimum absolute atomic E-state index is 0.207. The molecule has 0 aromatic rings. The van der Waals surface area contributed by atoms with Crippen LogP contribution in [0.4, 0.5) is 4.79 Å². The first-order chi connectivity index (χ1) is 11.7. The Morgan fingerprint density at radius 3 is 2.38 bits per heavy atom. The third-order valence-corrected chi connectivity index (χ3v) is 5.12. The van der Waals surface area contributed by atoms with E-state index in [-0.39, 0.29) is 6.09 Å². The second-order valence-corrected chi connectivity index (χ2v) is 7.04. The molecule has 1 saturated carbocycles. The van der Waals surface area contributed by atoms with E-state index >= 15 is 0 Å². The Morgan fingerprint density at radius 2 is 1.75 bits per heavy atom. The second kappa shape index (κ2) is 10.4. The molecule has 2 fully saturated rings. The van der Waals surface area contributed by atoms with Gasteiger partial charge in [0.1, 0.15) is 0 Å². The molecule has 1 saturated heterocycles. The predicted octanol–water partition coefficient (Wildman–Crippen LogP) is 2.87. The molecule has 138 valence electrons. The maximum Gasteiger partial charge on any atom is 0.409 e. The molecule has 0 bridgehead atoms. The number of rotatable bonds is 4. The first-order valence-corrected chi connectivity index (χ1v) is 9.67. The summed E-state index contributed by atoms with van der Waals surface area (Å²) in [5.74, 6) is 1.25. The highest BCUT2D eigenvalue weighted by Gasteiger charge is 2.23. The summed E-state index contributed by atoms with van der Waals surface area (Å²) in [5.41, 5.74) is 6.07. The van der Waals surface area contributed by atoms with Crippen LogP contribution in [0.1, 0.15) is 64.7 Å². The monoisotopic (exact) mass is 338 g/mol. The van der Waals surface area contributed by atoms with Crippen LogP contribution < -0.4 is 11.1 Å². The summed E-state index contributed by atoms with van der Waals surface area (Å²) in [6.07, 6.45) is 10.9. The maximum atomic E-state index is 11.7.